The van der Waals surface area contributed by atoms with Crippen LogP contribution in [0.1, 0.15) is 43.7 Å². The van der Waals surface area contributed by atoms with E-state index in [1.165, 1.54) is 0 Å². The van der Waals surface area contributed by atoms with Crippen molar-refractivity contribution in [2.75, 3.05) is 10.2 Å². The first kappa shape index (κ1) is 17.9. The summed E-state index contributed by atoms with van der Waals surface area (Å²) in [4.78, 5) is 32.9. The van der Waals surface area contributed by atoms with Crippen LogP contribution >= 0.6 is 0 Å². The summed E-state index contributed by atoms with van der Waals surface area (Å²) in [5, 5.41) is 2.97. The van der Waals surface area contributed by atoms with E-state index in [0.717, 1.165) is 48.0 Å². The number of nitrogens with one attached hydrogen (secondary N) is 1. The fourth-order valence-corrected chi connectivity index (χ4v) is 4.65. The van der Waals surface area contributed by atoms with Gasteiger partial charge in [-0.05, 0) is 43.5 Å². The van der Waals surface area contributed by atoms with Gasteiger partial charge in [0.1, 0.15) is 6.04 Å². The zero-order chi connectivity index (χ0) is 20.0. The summed E-state index contributed by atoms with van der Waals surface area (Å²) in [5.74, 6) is 0.525. The van der Waals surface area contributed by atoms with E-state index in [1.807, 2.05) is 64.9 Å². The van der Waals surface area contributed by atoms with Gasteiger partial charge in [-0.1, -0.05) is 43.2 Å². The van der Waals surface area contributed by atoms with E-state index in [-0.39, 0.29) is 24.3 Å². The first-order valence-electron chi connectivity index (χ1n) is 10.3. The Bertz CT molecular complexity index is 1100. The first-order valence-corrected chi connectivity index (χ1v) is 10.3. The molecule has 6 nitrogen and oxygen atoms in total. The van der Waals surface area contributed by atoms with Crippen molar-refractivity contribution in [1.82, 2.24) is 9.55 Å². The molecule has 1 aromatic heterocycles. The molecule has 0 bridgehead atoms. The van der Waals surface area contributed by atoms with E-state index in [9.17, 15) is 9.59 Å². The molecule has 0 unspecified atom stereocenters. The van der Waals surface area contributed by atoms with Gasteiger partial charge in [-0.3, -0.25) is 19.1 Å². The van der Waals surface area contributed by atoms with E-state index in [4.69, 9.17) is 4.98 Å². The number of nitrogens with zero attached hydrogens (tertiary/aromatic N) is 3. The number of amides is 2. The Morgan fingerprint density at radius 3 is 2.62 bits per heavy atom. The Balaban J connectivity index is 1.49. The molecule has 2 heterocycles. The minimum Gasteiger partial charge on any atom is -0.326 e. The van der Waals surface area contributed by atoms with Gasteiger partial charge in [-0.25, -0.2) is 4.98 Å². The van der Waals surface area contributed by atoms with Crippen LogP contribution in [-0.4, -0.2) is 27.4 Å². The van der Waals surface area contributed by atoms with Crippen molar-refractivity contribution in [2.24, 2.45) is 0 Å². The van der Waals surface area contributed by atoms with Crippen molar-refractivity contribution in [1.29, 1.82) is 0 Å². The van der Waals surface area contributed by atoms with Gasteiger partial charge in [0.25, 0.3) is 5.91 Å². The standard InChI is InChI=1S/C23H24N4O2/c1-15-8-2-5-11-17(15)24-21(28)14-20-22(29)26(16-9-3-4-10-16)23-25-18-12-6-7-13-19(18)27(20)23/h2,5-8,11-13,16,20H,3-4,9-10,14H2,1H3,(H,24,28)/t20-/m1/s1. The maximum Gasteiger partial charge on any atom is 0.253 e. The lowest BCUT2D eigenvalue weighted by molar-refractivity contribution is -0.125. The highest BCUT2D eigenvalue weighted by molar-refractivity contribution is 6.05. The van der Waals surface area contributed by atoms with Gasteiger partial charge in [-0.2, -0.15) is 0 Å². The molecule has 2 aliphatic rings. The molecule has 0 radical (unpaired) electrons. The Hall–Kier alpha value is -3.15. The SMILES string of the molecule is Cc1ccccc1NC(=O)C[C@@H]1C(=O)N(C2CCCC2)c2nc3ccccc3n21. The molecule has 29 heavy (non-hydrogen) atoms. The number of carbonyl (C=O) groups excluding carboxylic acids is 2. The van der Waals surface area contributed by atoms with Crippen molar-refractivity contribution in [2.45, 2.75) is 51.1 Å². The molecule has 1 atom stereocenters. The largest absolute Gasteiger partial charge is 0.326 e. The fourth-order valence-electron chi connectivity index (χ4n) is 4.65. The molecule has 0 spiro atoms. The summed E-state index contributed by atoms with van der Waals surface area (Å²) in [6.45, 7) is 1.96. The van der Waals surface area contributed by atoms with Crippen LogP contribution in [0.5, 0.6) is 0 Å². The monoisotopic (exact) mass is 388 g/mol. The third kappa shape index (κ3) is 2.99. The number of carbonyl (C=O) groups is 2. The average molecular weight is 388 g/mol. The van der Waals surface area contributed by atoms with Crippen molar-refractivity contribution in [3.63, 3.8) is 0 Å². The molecule has 2 aromatic carbocycles. The highest BCUT2D eigenvalue weighted by atomic mass is 16.2. The smallest absolute Gasteiger partial charge is 0.253 e. The lowest BCUT2D eigenvalue weighted by Gasteiger charge is -2.22. The van der Waals surface area contributed by atoms with Gasteiger partial charge in [0, 0.05) is 11.7 Å². The molecule has 3 aromatic rings. The third-order valence-electron chi connectivity index (χ3n) is 6.11. The number of hydrogen-bond acceptors (Lipinski definition) is 3. The number of fused-ring (bicyclic) bond motifs is 3. The summed E-state index contributed by atoms with van der Waals surface area (Å²) >= 11 is 0. The topological polar surface area (TPSA) is 67.2 Å². The number of imidazole rings is 1. The average Bonchev–Trinajstić information content (AvgIpc) is 3.41. The minimum atomic E-state index is -0.554. The molecule has 1 aliphatic heterocycles. The number of hydrogen-bond donors (Lipinski definition) is 1. The summed E-state index contributed by atoms with van der Waals surface area (Å²) < 4.78 is 1.97. The molecule has 1 aliphatic carbocycles. The fraction of sp³-hybridized carbons (Fsp3) is 0.348. The predicted molar refractivity (Wildman–Crippen MR) is 113 cm³/mol. The molecular weight excluding hydrogens is 364 g/mol. The highest BCUT2D eigenvalue weighted by Gasteiger charge is 2.44. The maximum absolute atomic E-state index is 13.4. The lowest BCUT2D eigenvalue weighted by atomic mass is 10.1. The Morgan fingerprint density at radius 1 is 1.10 bits per heavy atom. The van der Waals surface area contributed by atoms with Gasteiger partial charge in [0.05, 0.1) is 17.5 Å². The van der Waals surface area contributed by atoms with Crippen molar-refractivity contribution in [3.8, 4) is 0 Å². The van der Waals surface area contributed by atoms with Gasteiger partial charge < -0.3 is 5.32 Å². The van der Waals surface area contributed by atoms with E-state index >= 15 is 0 Å². The van der Waals surface area contributed by atoms with Crippen LogP contribution in [0.15, 0.2) is 48.5 Å². The summed E-state index contributed by atoms with van der Waals surface area (Å²) in [5.41, 5.74) is 3.55. The van der Waals surface area contributed by atoms with E-state index < -0.39 is 6.04 Å². The van der Waals surface area contributed by atoms with Crippen molar-refractivity contribution in [3.05, 3.63) is 54.1 Å². The molecule has 1 saturated carbocycles. The molecule has 1 fully saturated rings. The van der Waals surface area contributed by atoms with Crippen LogP contribution in [0.2, 0.25) is 0 Å². The molecule has 5 rings (SSSR count). The first-order chi connectivity index (χ1) is 14.1. The second kappa shape index (κ2) is 7.03. The zero-order valence-electron chi connectivity index (χ0n) is 16.5. The van der Waals surface area contributed by atoms with Crippen LogP contribution in [0, 0.1) is 6.92 Å². The Kier molecular flexibility index (Phi) is 4.34. The second-order valence-electron chi connectivity index (χ2n) is 8.00. The molecule has 6 heteroatoms. The van der Waals surface area contributed by atoms with E-state index in [1.54, 1.807) is 0 Å². The molecule has 148 valence electrons. The number of rotatable bonds is 4. The van der Waals surface area contributed by atoms with Crippen LogP contribution in [0.3, 0.4) is 0 Å². The number of anilines is 2. The summed E-state index contributed by atoms with van der Waals surface area (Å²) in [7, 11) is 0. The van der Waals surface area contributed by atoms with E-state index in [2.05, 4.69) is 5.32 Å². The van der Waals surface area contributed by atoms with Gasteiger partial charge in [0.2, 0.25) is 11.9 Å². The minimum absolute atomic E-state index is 0.00918. The zero-order valence-corrected chi connectivity index (χ0v) is 16.5. The van der Waals surface area contributed by atoms with Crippen LogP contribution in [0.4, 0.5) is 11.6 Å². The quantitative estimate of drug-likeness (QED) is 0.728. The second-order valence-corrected chi connectivity index (χ2v) is 8.00. The van der Waals surface area contributed by atoms with Crippen LogP contribution in [0.25, 0.3) is 11.0 Å². The van der Waals surface area contributed by atoms with Crippen LogP contribution < -0.4 is 10.2 Å². The molecule has 2 amide bonds. The molecule has 1 N–H and O–H groups in total. The Morgan fingerprint density at radius 2 is 1.83 bits per heavy atom. The maximum atomic E-state index is 13.4. The van der Waals surface area contributed by atoms with Crippen LogP contribution in [-0.2, 0) is 9.59 Å². The summed E-state index contributed by atoms with van der Waals surface area (Å²) in [6, 6.07) is 15.1. The van der Waals surface area contributed by atoms with E-state index in [0.29, 0.717) is 5.95 Å². The van der Waals surface area contributed by atoms with Gasteiger partial charge in [0.15, 0.2) is 0 Å². The lowest BCUT2D eigenvalue weighted by Crippen LogP contribution is -2.38. The summed E-state index contributed by atoms with van der Waals surface area (Å²) in [6.07, 6.45) is 4.36. The van der Waals surface area contributed by atoms with Gasteiger partial charge in [-0.15, -0.1) is 0 Å². The van der Waals surface area contributed by atoms with Crippen molar-refractivity contribution >= 4 is 34.5 Å². The number of aromatic nitrogens is 2. The highest BCUT2D eigenvalue weighted by Crippen LogP contribution is 2.40. The Labute approximate surface area is 169 Å². The third-order valence-corrected chi connectivity index (χ3v) is 6.11. The number of aryl methyl sites for hydroxylation is 1. The number of benzene rings is 2. The predicted octanol–water partition coefficient (Wildman–Crippen LogP) is 4.20. The molecular formula is C23H24N4O2. The normalized spacial score (nSPS) is 19.1. The molecule has 0 saturated heterocycles. The number of para-hydroxylation sites is 3. The van der Waals surface area contributed by atoms with Gasteiger partial charge >= 0.3 is 0 Å². The van der Waals surface area contributed by atoms with Crippen molar-refractivity contribution < 1.29 is 9.59 Å².